The Kier molecular flexibility index (Phi) is 3.66. The lowest BCUT2D eigenvalue weighted by Gasteiger charge is -2.05. The van der Waals surface area contributed by atoms with Crippen molar-refractivity contribution in [2.45, 2.75) is 19.9 Å². The highest BCUT2D eigenvalue weighted by atomic mass is 14.8. The van der Waals surface area contributed by atoms with Gasteiger partial charge in [-0.1, -0.05) is 36.4 Å². The molecule has 2 nitrogen and oxygen atoms in total. The number of pyridine rings is 1. The Labute approximate surface area is 102 Å². The van der Waals surface area contributed by atoms with Crippen molar-refractivity contribution >= 4 is 6.21 Å². The van der Waals surface area contributed by atoms with Crippen LogP contribution in [-0.2, 0) is 0 Å². The van der Waals surface area contributed by atoms with Gasteiger partial charge < -0.3 is 0 Å². The number of nitrogens with zero attached hydrogens (tertiary/aromatic N) is 2. The van der Waals surface area contributed by atoms with Crippen molar-refractivity contribution in [3.05, 3.63) is 65.5 Å². The van der Waals surface area contributed by atoms with Crippen LogP contribution in [-0.4, -0.2) is 11.2 Å². The summed E-state index contributed by atoms with van der Waals surface area (Å²) in [6.07, 6.45) is 1.84. The minimum Gasteiger partial charge on any atom is -0.283 e. The first-order valence-corrected chi connectivity index (χ1v) is 5.77. The molecule has 2 rings (SSSR count). The molecule has 0 radical (unpaired) electrons. The van der Waals surface area contributed by atoms with Gasteiger partial charge in [-0.15, -0.1) is 0 Å². The van der Waals surface area contributed by atoms with E-state index in [0.717, 1.165) is 11.4 Å². The van der Waals surface area contributed by atoms with Gasteiger partial charge in [0.1, 0.15) is 0 Å². The Balaban J connectivity index is 2.11. The average Bonchev–Trinajstić information content (AvgIpc) is 2.37. The lowest BCUT2D eigenvalue weighted by molar-refractivity contribution is 0.824. The molecule has 86 valence electrons. The van der Waals surface area contributed by atoms with E-state index in [1.165, 1.54) is 5.56 Å². The molecule has 0 aliphatic heterocycles. The van der Waals surface area contributed by atoms with E-state index in [1.807, 2.05) is 49.5 Å². The number of benzene rings is 1. The second-order valence-electron chi connectivity index (χ2n) is 4.07. The summed E-state index contributed by atoms with van der Waals surface area (Å²) in [5.41, 5.74) is 3.14. The van der Waals surface area contributed by atoms with Crippen molar-refractivity contribution < 1.29 is 0 Å². The SMILES string of the molecule is Cc1cccc(C=N[C@@H](C)c2ccccc2)n1. The topological polar surface area (TPSA) is 25.2 Å². The second kappa shape index (κ2) is 5.39. The number of hydrogen-bond donors (Lipinski definition) is 0. The Bertz CT molecular complexity index is 503. The smallest absolute Gasteiger partial charge is 0.0811 e. The number of aliphatic imine (C=N–C) groups is 1. The molecule has 2 heteroatoms. The summed E-state index contributed by atoms with van der Waals surface area (Å²) >= 11 is 0. The lowest BCUT2D eigenvalue weighted by Crippen LogP contribution is -1.93. The number of aromatic nitrogens is 1. The fourth-order valence-electron chi connectivity index (χ4n) is 1.64. The zero-order chi connectivity index (χ0) is 12.1. The molecule has 1 heterocycles. The first-order valence-electron chi connectivity index (χ1n) is 5.77. The van der Waals surface area contributed by atoms with Crippen molar-refractivity contribution in [1.29, 1.82) is 0 Å². The van der Waals surface area contributed by atoms with E-state index in [-0.39, 0.29) is 6.04 Å². The van der Waals surface area contributed by atoms with Crippen LogP contribution in [0.1, 0.15) is 29.9 Å². The molecular weight excluding hydrogens is 208 g/mol. The van der Waals surface area contributed by atoms with Gasteiger partial charge in [0.15, 0.2) is 0 Å². The Morgan fingerprint density at radius 2 is 1.82 bits per heavy atom. The number of hydrogen-bond acceptors (Lipinski definition) is 2. The molecule has 1 atom stereocenters. The van der Waals surface area contributed by atoms with Gasteiger partial charge in [-0.3, -0.25) is 9.98 Å². The van der Waals surface area contributed by atoms with E-state index in [4.69, 9.17) is 0 Å². The number of rotatable bonds is 3. The fourth-order valence-corrected chi connectivity index (χ4v) is 1.64. The van der Waals surface area contributed by atoms with E-state index in [2.05, 4.69) is 29.0 Å². The largest absolute Gasteiger partial charge is 0.283 e. The van der Waals surface area contributed by atoms with Crippen molar-refractivity contribution in [3.63, 3.8) is 0 Å². The van der Waals surface area contributed by atoms with Gasteiger partial charge in [0, 0.05) is 11.9 Å². The van der Waals surface area contributed by atoms with Crippen LogP contribution in [0.3, 0.4) is 0 Å². The highest BCUT2D eigenvalue weighted by Gasteiger charge is 2.00. The summed E-state index contributed by atoms with van der Waals surface area (Å²) in [5, 5.41) is 0. The van der Waals surface area contributed by atoms with Gasteiger partial charge in [0.2, 0.25) is 0 Å². The van der Waals surface area contributed by atoms with E-state index in [9.17, 15) is 0 Å². The molecule has 0 saturated carbocycles. The Morgan fingerprint density at radius 3 is 2.53 bits per heavy atom. The van der Waals surface area contributed by atoms with E-state index in [1.54, 1.807) is 0 Å². The van der Waals surface area contributed by atoms with Crippen LogP contribution in [0.2, 0.25) is 0 Å². The predicted molar refractivity (Wildman–Crippen MR) is 71.4 cm³/mol. The summed E-state index contributed by atoms with van der Waals surface area (Å²) < 4.78 is 0. The standard InChI is InChI=1S/C15H16N2/c1-12-7-6-10-15(17-12)11-16-13(2)14-8-4-3-5-9-14/h3-11,13H,1-2H3/t13-/m0/s1. The quantitative estimate of drug-likeness (QED) is 0.732. The molecule has 0 spiro atoms. The minimum atomic E-state index is 0.165. The predicted octanol–water partition coefficient (Wildman–Crippen LogP) is 3.57. The molecule has 17 heavy (non-hydrogen) atoms. The van der Waals surface area contributed by atoms with Crippen molar-refractivity contribution in [3.8, 4) is 0 Å². The molecule has 0 bridgehead atoms. The van der Waals surface area contributed by atoms with E-state index in [0.29, 0.717) is 0 Å². The molecule has 1 aromatic carbocycles. The molecule has 0 aliphatic carbocycles. The van der Waals surface area contributed by atoms with Gasteiger partial charge in [0.05, 0.1) is 11.7 Å². The van der Waals surface area contributed by atoms with Crippen LogP contribution < -0.4 is 0 Å². The molecule has 1 aromatic heterocycles. The van der Waals surface area contributed by atoms with Crippen molar-refractivity contribution in [1.82, 2.24) is 4.98 Å². The van der Waals surface area contributed by atoms with E-state index < -0.39 is 0 Å². The van der Waals surface area contributed by atoms with Gasteiger partial charge >= 0.3 is 0 Å². The molecule has 0 aliphatic rings. The minimum absolute atomic E-state index is 0.165. The molecular formula is C15H16N2. The molecule has 0 fully saturated rings. The highest BCUT2D eigenvalue weighted by Crippen LogP contribution is 2.15. The summed E-state index contributed by atoms with van der Waals surface area (Å²) in [6, 6.07) is 16.4. The van der Waals surface area contributed by atoms with Gasteiger partial charge in [-0.05, 0) is 31.5 Å². The average molecular weight is 224 g/mol. The monoisotopic (exact) mass is 224 g/mol. The van der Waals surface area contributed by atoms with E-state index >= 15 is 0 Å². The summed E-state index contributed by atoms with van der Waals surface area (Å²) in [6.45, 7) is 4.07. The van der Waals surface area contributed by atoms with Crippen LogP contribution in [0.5, 0.6) is 0 Å². The van der Waals surface area contributed by atoms with Crippen LogP contribution in [0.15, 0.2) is 53.5 Å². The maximum atomic E-state index is 4.52. The number of aryl methyl sites for hydroxylation is 1. The first-order chi connectivity index (χ1) is 8.25. The molecule has 0 N–H and O–H groups in total. The second-order valence-corrected chi connectivity index (χ2v) is 4.07. The van der Waals surface area contributed by atoms with Crippen molar-refractivity contribution in [2.24, 2.45) is 4.99 Å². The van der Waals surface area contributed by atoms with Gasteiger partial charge in [-0.2, -0.15) is 0 Å². The summed E-state index contributed by atoms with van der Waals surface area (Å²) in [7, 11) is 0. The van der Waals surface area contributed by atoms with Crippen LogP contribution in [0.4, 0.5) is 0 Å². The maximum Gasteiger partial charge on any atom is 0.0811 e. The normalized spacial score (nSPS) is 12.8. The lowest BCUT2D eigenvalue weighted by atomic mass is 10.1. The first kappa shape index (κ1) is 11.5. The summed E-state index contributed by atoms with van der Waals surface area (Å²) in [4.78, 5) is 8.91. The Morgan fingerprint density at radius 1 is 1.06 bits per heavy atom. The van der Waals surface area contributed by atoms with Gasteiger partial charge in [-0.25, -0.2) is 0 Å². The molecule has 0 amide bonds. The van der Waals surface area contributed by atoms with Crippen molar-refractivity contribution in [2.75, 3.05) is 0 Å². The third kappa shape index (κ3) is 3.25. The zero-order valence-corrected chi connectivity index (χ0v) is 10.2. The summed E-state index contributed by atoms with van der Waals surface area (Å²) in [5.74, 6) is 0. The van der Waals surface area contributed by atoms with Crippen LogP contribution in [0.25, 0.3) is 0 Å². The van der Waals surface area contributed by atoms with Crippen LogP contribution >= 0.6 is 0 Å². The van der Waals surface area contributed by atoms with Crippen LogP contribution in [0, 0.1) is 6.92 Å². The zero-order valence-electron chi connectivity index (χ0n) is 10.2. The third-order valence-electron chi connectivity index (χ3n) is 2.62. The molecule has 0 unspecified atom stereocenters. The molecule has 2 aromatic rings. The fraction of sp³-hybridized carbons (Fsp3) is 0.200. The Hall–Kier alpha value is -1.96. The maximum absolute atomic E-state index is 4.52. The third-order valence-corrected chi connectivity index (χ3v) is 2.62. The molecule has 0 saturated heterocycles. The highest BCUT2D eigenvalue weighted by molar-refractivity contribution is 5.77. The van der Waals surface area contributed by atoms with Gasteiger partial charge in [0.25, 0.3) is 0 Å².